The Morgan fingerprint density at radius 3 is 2.27 bits per heavy atom. The molecule has 0 bridgehead atoms. The van der Waals surface area contributed by atoms with Gasteiger partial charge in [-0.05, 0) is 92.4 Å². The molecular formula is C33H40FN3O6S. The number of carbonyl (C=O) groups is 2. The number of hydrogen-bond acceptors (Lipinski definition) is 6. The third-order valence-corrected chi connectivity index (χ3v) is 9.48. The molecule has 2 amide bonds. The SMILES string of the molecule is CCOc1ccc(S(=O)(=O)N(CC(=O)N(Cc2cccc(OC)c2)[C@H](CC)C(=O)NC2CCCC2)c2ccc(F)cc2)cc1. The Bertz CT molecular complexity index is 1510. The molecule has 9 nitrogen and oxygen atoms in total. The third-order valence-electron chi connectivity index (χ3n) is 7.69. The quantitative estimate of drug-likeness (QED) is 0.261. The minimum Gasteiger partial charge on any atom is -0.497 e. The zero-order valence-corrected chi connectivity index (χ0v) is 26.2. The summed E-state index contributed by atoms with van der Waals surface area (Å²) in [4.78, 5) is 29.2. The number of benzene rings is 3. The molecule has 1 N–H and O–H groups in total. The van der Waals surface area contributed by atoms with Gasteiger partial charge in [-0.3, -0.25) is 13.9 Å². The van der Waals surface area contributed by atoms with E-state index in [0.717, 1.165) is 42.1 Å². The van der Waals surface area contributed by atoms with E-state index in [1.807, 2.05) is 19.9 Å². The average molecular weight is 626 g/mol. The zero-order chi connectivity index (χ0) is 31.7. The lowest BCUT2D eigenvalue weighted by Gasteiger charge is -2.33. The van der Waals surface area contributed by atoms with Crippen molar-refractivity contribution < 1.29 is 31.9 Å². The van der Waals surface area contributed by atoms with Crippen molar-refractivity contribution in [1.29, 1.82) is 0 Å². The molecule has 3 aromatic carbocycles. The molecule has 0 radical (unpaired) electrons. The van der Waals surface area contributed by atoms with Gasteiger partial charge in [0.1, 0.15) is 29.9 Å². The van der Waals surface area contributed by atoms with Gasteiger partial charge in [0.05, 0.1) is 24.3 Å². The summed E-state index contributed by atoms with van der Waals surface area (Å²) in [7, 11) is -2.75. The summed E-state index contributed by atoms with van der Waals surface area (Å²) in [6.07, 6.45) is 4.14. The summed E-state index contributed by atoms with van der Waals surface area (Å²) in [6.45, 7) is 3.49. The van der Waals surface area contributed by atoms with Crippen LogP contribution in [0.4, 0.5) is 10.1 Å². The van der Waals surface area contributed by atoms with Crippen molar-refractivity contribution in [2.75, 3.05) is 24.6 Å². The van der Waals surface area contributed by atoms with Crippen molar-refractivity contribution >= 4 is 27.5 Å². The second-order valence-electron chi connectivity index (χ2n) is 10.7. The van der Waals surface area contributed by atoms with Gasteiger partial charge >= 0.3 is 0 Å². The number of sulfonamides is 1. The fourth-order valence-corrected chi connectivity index (χ4v) is 6.81. The van der Waals surface area contributed by atoms with E-state index in [1.54, 1.807) is 18.2 Å². The van der Waals surface area contributed by atoms with Crippen molar-refractivity contribution in [1.82, 2.24) is 10.2 Å². The predicted octanol–water partition coefficient (Wildman–Crippen LogP) is 5.29. The Kier molecular flexibility index (Phi) is 11.2. The molecule has 44 heavy (non-hydrogen) atoms. The number of carbonyl (C=O) groups excluding carboxylic acids is 2. The minimum absolute atomic E-state index is 0.0427. The van der Waals surface area contributed by atoms with Crippen molar-refractivity contribution in [2.24, 2.45) is 0 Å². The van der Waals surface area contributed by atoms with Crippen LogP contribution >= 0.6 is 0 Å². The van der Waals surface area contributed by atoms with E-state index in [1.165, 1.54) is 48.4 Å². The molecule has 0 heterocycles. The lowest BCUT2D eigenvalue weighted by Crippen LogP contribution is -2.53. The van der Waals surface area contributed by atoms with E-state index in [9.17, 15) is 22.4 Å². The van der Waals surface area contributed by atoms with Crippen molar-refractivity contribution in [2.45, 2.75) is 69.5 Å². The molecule has 3 aromatic rings. The molecule has 1 aliphatic carbocycles. The maximum absolute atomic E-state index is 14.2. The monoisotopic (exact) mass is 625 g/mol. The fraction of sp³-hybridized carbons (Fsp3) is 0.394. The molecule has 1 saturated carbocycles. The number of amides is 2. The normalized spacial score (nSPS) is 14.1. The number of halogens is 1. The summed E-state index contributed by atoms with van der Waals surface area (Å²) < 4.78 is 53.7. The van der Waals surface area contributed by atoms with Crippen LogP contribution in [-0.4, -0.2) is 57.5 Å². The highest BCUT2D eigenvalue weighted by Gasteiger charge is 2.34. The van der Waals surface area contributed by atoms with Crippen molar-refractivity contribution in [3.63, 3.8) is 0 Å². The van der Waals surface area contributed by atoms with E-state index in [4.69, 9.17) is 9.47 Å². The summed E-state index contributed by atoms with van der Waals surface area (Å²) >= 11 is 0. The highest BCUT2D eigenvalue weighted by Crippen LogP contribution is 2.27. The topological polar surface area (TPSA) is 105 Å². The van der Waals surface area contributed by atoms with Gasteiger partial charge in [-0.25, -0.2) is 12.8 Å². The first-order valence-electron chi connectivity index (χ1n) is 14.9. The van der Waals surface area contributed by atoms with E-state index >= 15 is 0 Å². The third kappa shape index (κ3) is 8.07. The van der Waals surface area contributed by atoms with Crippen LogP contribution in [-0.2, 0) is 26.2 Å². The number of ether oxygens (including phenoxy) is 2. The van der Waals surface area contributed by atoms with E-state index < -0.39 is 34.3 Å². The number of rotatable bonds is 14. The number of nitrogens with one attached hydrogen (secondary N) is 1. The van der Waals surface area contributed by atoms with Gasteiger partial charge < -0.3 is 19.7 Å². The molecule has 1 aliphatic rings. The van der Waals surface area contributed by atoms with Gasteiger partial charge in [0, 0.05) is 12.6 Å². The highest BCUT2D eigenvalue weighted by molar-refractivity contribution is 7.92. The average Bonchev–Trinajstić information content (AvgIpc) is 3.53. The van der Waals surface area contributed by atoms with Gasteiger partial charge in [-0.15, -0.1) is 0 Å². The Hall–Kier alpha value is -4.12. The maximum Gasteiger partial charge on any atom is 0.264 e. The van der Waals surface area contributed by atoms with E-state index in [-0.39, 0.29) is 29.1 Å². The molecule has 0 spiro atoms. The van der Waals surface area contributed by atoms with Gasteiger partial charge in [0.15, 0.2) is 0 Å². The largest absolute Gasteiger partial charge is 0.497 e. The van der Waals surface area contributed by atoms with Crippen LogP contribution in [0.1, 0.15) is 51.5 Å². The maximum atomic E-state index is 14.2. The first kappa shape index (κ1) is 32.8. The summed E-state index contributed by atoms with van der Waals surface area (Å²) in [5.74, 6) is -0.324. The summed E-state index contributed by atoms with van der Waals surface area (Å²) in [5, 5.41) is 3.09. The molecule has 4 rings (SSSR count). The second kappa shape index (κ2) is 15.1. The first-order valence-corrected chi connectivity index (χ1v) is 16.3. The molecule has 11 heteroatoms. The molecule has 1 fully saturated rings. The molecule has 0 aromatic heterocycles. The van der Waals surface area contributed by atoms with E-state index in [2.05, 4.69) is 5.32 Å². The minimum atomic E-state index is -4.29. The van der Waals surface area contributed by atoms with Crippen molar-refractivity contribution in [3.05, 3.63) is 84.2 Å². The van der Waals surface area contributed by atoms with E-state index in [0.29, 0.717) is 30.1 Å². The zero-order valence-electron chi connectivity index (χ0n) is 25.4. The van der Waals surface area contributed by atoms with Crippen LogP contribution < -0.4 is 19.1 Å². The molecule has 236 valence electrons. The van der Waals surface area contributed by atoms with Gasteiger partial charge in [0.2, 0.25) is 11.8 Å². The summed E-state index contributed by atoms with van der Waals surface area (Å²) in [5.41, 5.74) is 0.825. The van der Waals surface area contributed by atoms with Gasteiger partial charge in [0.25, 0.3) is 10.0 Å². The second-order valence-corrected chi connectivity index (χ2v) is 12.5. The van der Waals surface area contributed by atoms with Crippen LogP contribution in [0.15, 0.2) is 77.7 Å². The van der Waals surface area contributed by atoms with Gasteiger partial charge in [-0.2, -0.15) is 0 Å². The number of hydrogen-bond donors (Lipinski definition) is 1. The molecule has 0 unspecified atom stereocenters. The Morgan fingerprint density at radius 1 is 0.977 bits per heavy atom. The fourth-order valence-electron chi connectivity index (χ4n) is 5.39. The van der Waals surface area contributed by atoms with Crippen molar-refractivity contribution in [3.8, 4) is 11.5 Å². The number of methoxy groups -OCH3 is 1. The lowest BCUT2D eigenvalue weighted by molar-refractivity contribution is -0.140. The van der Waals surface area contributed by atoms with Crippen LogP contribution in [0.25, 0.3) is 0 Å². The smallest absolute Gasteiger partial charge is 0.264 e. The summed E-state index contributed by atoms with van der Waals surface area (Å²) in [6, 6.07) is 17.1. The van der Waals surface area contributed by atoms with Crippen LogP contribution in [0.2, 0.25) is 0 Å². The molecule has 0 saturated heterocycles. The Labute approximate surface area is 259 Å². The Balaban J connectivity index is 1.71. The lowest BCUT2D eigenvalue weighted by atomic mass is 10.1. The number of nitrogens with zero attached hydrogens (tertiary/aromatic N) is 2. The Morgan fingerprint density at radius 2 is 1.66 bits per heavy atom. The van der Waals surface area contributed by atoms with Gasteiger partial charge in [-0.1, -0.05) is 31.9 Å². The standard InChI is InChI=1S/C33H40FN3O6S/c1-4-31(33(39)35-26-10-6-7-11-26)36(22-24-9-8-12-29(21-24)42-3)32(38)23-37(27-15-13-25(34)14-16-27)44(40,41)30-19-17-28(18-20-30)43-5-2/h8-9,12-21,26,31H,4-7,10-11,22-23H2,1-3H3,(H,35,39)/t31-/m1/s1. The van der Waals surface area contributed by atoms with Crippen LogP contribution in [0, 0.1) is 5.82 Å². The highest BCUT2D eigenvalue weighted by atomic mass is 32.2. The molecular weight excluding hydrogens is 585 g/mol. The van der Waals surface area contributed by atoms with Crippen LogP contribution in [0.5, 0.6) is 11.5 Å². The molecule has 1 atom stereocenters. The predicted molar refractivity (Wildman–Crippen MR) is 167 cm³/mol. The van der Waals surface area contributed by atoms with Crippen LogP contribution in [0.3, 0.4) is 0 Å². The number of anilines is 1. The molecule has 0 aliphatic heterocycles. The first-order chi connectivity index (χ1) is 21.2.